The van der Waals surface area contributed by atoms with Crippen LogP contribution in [0.1, 0.15) is 62.5 Å². The van der Waals surface area contributed by atoms with Crippen molar-refractivity contribution in [2.45, 2.75) is 57.5 Å². The minimum Gasteiger partial charge on any atom is -0.334 e. The second-order valence-electron chi connectivity index (χ2n) is 5.26. The summed E-state index contributed by atoms with van der Waals surface area (Å²) in [7, 11) is 0. The molecule has 0 aromatic carbocycles. The summed E-state index contributed by atoms with van der Waals surface area (Å²) in [5, 5.41) is 3.58. The first kappa shape index (κ1) is 10.3. The lowest BCUT2D eigenvalue weighted by atomic mass is 10.0. The van der Waals surface area contributed by atoms with Crippen molar-refractivity contribution in [2.75, 3.05) is 6.54 Å². The fourth-order valence-electron chi connectivity index (χ4n) is 2.99. The minimum atomic E-state index is 0.513. The Kier molecular flexibility index (Phi) is 2.72. The van der Waals surface area contributed by atoms with Gasteiger partial charge in [-0.1, -0.05) is 13.3 Å². The quantitative estimate of drug-likeness (QED) is 0.787. The molecule has 0 aliphatic carbocycles. The number of nitrogens with one attached hydrogen (secondary N) is 1. The van der Waals surface area contributed by atoms with Crippen LogP contribution in [0.4, 0.5) is 0 Å². The number of hydrogen-bond donors (Lipinski definition) is 1. The van der Waals surface area contributed by atoms with E-state index in [0.29, 0.717) is 12.0 Å². The zero-order valence-corrected chi connectivity index (χ0v) is 10.1. The maximum atomic E-state index is 4.86. The van der Waals surface area contributed by atoms with Gasteiger partial charge < -0.3 is 9.88 Å². The van der Waals surface area contributed by atoms with Crippen molar-refractivity contribution in [3.05, 3.63) is 17.7 Å². The summed E-state index contributed by atoms with van der Waals surface area (Å²) in [5.74, 6) is 1.96. The second kappa shape index (κ2) is 4.21. The van der Waals surface area contributed by atoms with E-state index >= 15 is 0 Å². The van der Waals surface area contributed by atoms with Gasteiger partial charge in [0, 0.05) is 18.7 Å². The first-order valence-corrected chi connectivity index (χ1v) is 6.65. The molecule has 0 amide bonds. The average Bonchev–Trinajstić information content (AvgIpc) is 2.76. The largest absolute Gasteiger partial charge is 0.334 e. The Morgan fingerprint density at radius 2 is 2.25 bits per heavy atom. The maximum absolute atomic E-state index is 4.86. The van der Waals surface area contributed by atoms with E-state index in [1.165, 1.54) is 50.2 Å². The molecule has 0 saturated carbocycles. The molecule has 2 aliphatic heterocycles. The van der Waals surface area contributed by atoms with Gasteiger partial charge in [-0.05, 0) is 32.2 Å². The minimum absolute atomic E-state index is 0.513. The number of imidazole rings is 1. The topological polar surface area (TPSA) is 29.9 Å². The molecule has 88 valence electrons. The summed E-state index contributed by atoms with van der Waals surface area (Å²) < 4.78 is 2.37. The van der Waals surface area contributed by atoms with Crippen LogP contribution in [-0.4, -0.2) is 16.1 Å². The molecule has 1 N–H and O–H groups in total. The van der Waals surface area contributed by atoms with Crippen LogP contribution in [0.5, 0.6) is 0 Å². The van der Waals surface area contributed by atoms with Crippen molar-refractivity contribution in [3.8, 4) is 0 Å². The van der Waals surface area contributed by atoms with Gasteiger partial charge in [-0.15, -0.1) is 0 Å². The Balaban J connectivity index is 1.85. The van der Waals surface area contributed by atoms with Gasteiger partial charge in [-0.3, -0.25) is 0 Å². The summed E-state index contributed by atoms with van der Waals surface area (Å²) in [5.41, 5.74) is 1.28. The Labute approximate surface area is 97.3 Å². The van der Waals surface area contributed by atoms with Crippen LogP contribution in [0.2, 0.25) is 0 Å². The molecule has 3 rings (SSSR count). The SMILES string of the molecule is C[C@@H]1CCCn2cc([C@H]3CCCCN3)nc21. The first-order chi connectivity index (χ1) is 7.84. The lowest BCUT2D eigenvalue weighted by Gasteiger charge is -2.21. The van der Waals surface area contributed by atoms with Crippen molar-refractivity contribution in [1.82, 2.24) is 14.9 Å². The van der Waals surface area contributed by atoms with Crippen molar-refractivity contribution in [1.29, 1.82) is 0 Å². The lowest BCUT2D eigenvalue weighted by molar-refractivity contribution is 0.405. The van der Waals surface area contributed by atoms with Crippen LogP contribution in [-0.2, 0) is 6.54 Å². The summed E-state index contributed by atoms with van der Waals surface area (Å²) >= 11 is 0. The molecule has 0 spiro atoms. The van der Waals surface area contributed by atoms with Crippen molar-refractivity contribution in [2.24, 2.45) is 0 Å². The van der Waals surface area contributed by atoms with Crippen LogP contribution < -0.4 is 5.32 Å². The first-order valence-electron chi connectivity index (χ1n) is 6.65. The molecule has 0 radical (unpaired) electrons. The summed E-state index contributed by atoms with van der Waals surface area (Å²) in [6.07, 6.45) is 8.81. The predicted octanol–water partition coefficient (Wildman–Crippen LogP) is 2.60. The smallest absolute Gasteiger partial charge is 0.111 e. The molecule has 1 fully saturated rings. The molecule has 2 aliphatic rings. The Hall–Kier alpha value is -0.830. The van der Waals surface area contributed by atoms with E-state index in [-0.39, 0.29) is 0 Å². The van der Waals surface area contributed by atoms with E-state index in [1.807, 2.05) is 0 Å². The van der Waals surface area contributed by atoms with Crippen molar-refractivity contribution in [3.63, 3.8) is 0 Å². The third kappa shape index (κ3) is 1.77. The molecule has 2 atom stereocenters. The molecule has 3 heterocycles. The van der Waals surface area contributed by atoms with E-state index in [9.17, 15) is 0 Å². The van der Waals surface area contributed by atoms with Gasteiger partial charge in [-0.25, -0.2) is 4.98 Å². The van der Waals surface area contributed by atoms with E-state index < -0.39 is 0 Å². The standard InChI is InChI=1S/C13H21N3/c1-10-5-4-8-16-9-12(15-13(10)16)11-6-2-3-7-14-11/h9-11,14H,2-8H2,1H3/t10-,11-/m1/s1. The molecule has 1 saturated heterocycles. The molecular formula is C13H21N3. The number of piperidine rings is 1. The van der Waals surface area contributed by atoms with Crippen LogP contribution in [0, 0.1) is 0 Å². The third-order valence-electron chi connectivity index (χ3n) is 3.97. The lowest BCUT2D eigenvalue weighted by Crippen LogP contribution is -2.27. The summed E-state index contributed by atoms with van der Waals surface area (Å²) in [4.78, 5) is 4.86. The monoisotopic (exact) mass is 219 g/mol. The number of aryl methyl sites for hydroxylation is 1. The van der Waals surface area contributed by atoms with E-state index in [1.54, 1.807) is 0 Å². The van der Waals surface area contributed by atoms with Crippen LogP contribution in [0.25, 0.3) is 0 Å². The zero-order chi connectivity index (χ0) is 11.0. The van der Waals surface area contributed by atoms with Gasteiger partial charge in [0.25, 0.3) is 0 Å². The normalized spacial score (nSPS) is 30.1. The zero-order valence-electron chi connectivity index (χ0n) is 10.1. The highest BCUT2D eigenvalue weighted by Crippen LogP contribution is 2.29. The van der Waals surface area contributed by atoms with Crippen molar-refractivity contribution < 1.29 is 0 Å². The van der Waals surface area contributed by atoms with Crippen LogP contribution >= 0.6 is 0 Å². The highest BCUT2D eigenvalue weighted by molar-refractivity contribution is 5.13. The summed E-state index contributed by atoms with van der Waals surface area (Å²) in [6, 6.07) is 0.513. The molecule has 3 nitrogen and oxygen atoms in total. The maximum Gasteiger partial charge on any atom is 0.111 e. The number of fused-ring (bicyclic) bond motifs is 1. The molecule has 0 bridgehead atoms. The van der Waals surface area contributed by atoms with Gasteiger partial charge >= 0.3 is 0 Å². The van der Waals surface area contributed by atoms with Gasteiger partial charge in [0.05, 0.1) is 11.7 Å². The summed E-state index contributed by atoms with van der Waals surface area (Å²) in [6.45, 7) is 4.62. The number of nitrogens with zero attached hydrogens (tertiary/aromatic N) is 2. The Morgan fingerprint density at radius 3 is 3.00 bits per heavy atom. The molecule has 0 unspecified atom stereocenters. The number of hydrogen-bond acceptors (Lipinski definition) is 2. The van der Waals surface area contributed by atoms with E-state index in [0.717, 1.165) is 6.54 Å². The molecule has 1 aromatic rings. The van der Waals surface area contributed by atoms with E-state index in [2.05, 4.69) is 23.0 Å². The average molecular weight is 219 g/mol. The van der Waals surface area contributed by atoms with Crippen molar-refractivity contribution >= 4 is 0 Å². The van der Waals surface area contributed by atoms with Gasteiger partial charge in [-0.2, -0.15) is 0 Å². The predicted molar refractivity (Wildman–Crippen MR) is 64.5 cm³/mol. The number of aromatic nitrogens is 2. The third-order valence-corrected chi connectivity index (χ3v) is 3.97. The highest BCUT2D eigenvalue weighted by Gasteiger charge is 2.23. The fourth-order valence-corrected chi connectivity index (χ4v) is 2.99. The molecule has 16 heavy (non-hydrogen) atoms. The fraction of sp³-hybridized carbons (Fsp3) is 0.769. The molecule has 3 heteroatoms. The van der Waals surface area contributed by atoms with Crippen LogP contribution in [0.3, 0.4) is 0 Å². The molecule has 1 aromatic heterocycles. The van der Waals surface area contributed by atoms with E-state index in [4.69, 9.17) is 4.98 Å². The Morgan fingerprint density at radius 1 is 1.31 bits per heavy atom. The van der Waals surface area contributed by atoms with Gasteiger partial charge in [0.2, 0.25) is 0 Å². The Bertz CT molecular complexity index is 363. The van der Waals surface area contributed by atoms with Crippen LogP contribution in [0.15, 0.2) is 6.20 Å². The van der Waals surface area contributed by atoms with Gasteiger partial charge in [0.1, 0.15) is 5.82 Å². The second-order valence-corrected chi connectivity index (χ2v) is 5.26. The molecular weight excluding hydrogens is 198 g/mol. The van der Waals surface area contributed by atoms with Gasteiger partial charge in [0.15, 0.2) is 0 Å². The number of rotatable bonds is 1. The highest BCUT2D eigenvalue weighted by atomic mass is 15.1.